The van der Waals surface area contributed by atoms with Crippen molar-refractivity contribution in [3.05, 3.63) is 34.9 Å². The summed E-state index contributed by atoms with van der Waals surface area (Å²) in [6.07, 6.45) is 5.29. The van der Waals surface area contributed by atoms with Gasteiger partial charge in [0, 0.05) is 6.20 Å². The first-order chi connectivity index (χ1) is 12.0. The van der Waals surface area contributed by atoms with Crippen LogP contribution in [0, 0.1) is 5.92 Å². The standard InChI is InChI=1S/C17H21N5O3/c1-12-6-2-4-8-17(12)14(23)21(15(24)18-17)10-11-22-16(25)20-9-5-3-7-13(20)19-22/h3,5,7,9,12H,2,4,6,8,10-11H2,1H3,(H,18,24)/t12-,17+/m1/s1. The number of hydrogen-bond donors (Lipinski definition) is 1. The number of pyridine rings is 1. The molecule has 132 valence electrons. The number of nitrogens with one attached hydrogen (secondary N) is 1. The van der Waals surface area contributed by atoms with Gasteiger partial charge < -0.3 is 5.32 Å². The molecule has 25 heavy (non-hydrogen) atoms. The van der Waals surface area contributed by atoms with Crippen LogP contribution in [0.1, 0.15) is 32.6 Å². The first kappa shape index (κ1) is 15.9. The van der Waals surface area contributed by atoms with Crippen LogP contribution in [0.2, 0.25) is 0 Å². The van der Waals surface area contributed by atoms with Crippen molar-refractivity contribution in [2.75, 3.05) is 6.54 Å². The minimum atomic E-state index is -0.765. The van der Waals surface area contributed by atoms with E-state index in [2.05, 4.69) is 10.4 Å². The molecule has 2 aromatic rings. The van der Waals surface area contributed by atoms with Crippen LogP contribution in [0.5, 0.6) is 0 Å². The van der Waals surface area contributed by atoms with Crippen molar-refractivity contribution in [1.82, 2.24) is 24.4 Å². The molecule has 0 aromatic carbocycles. The van der Waals surface area contributed by atoms with Gasteiger partial charge in [0.15, 0.2) is 5.65 Å². The lowest BCUT2D eigenvalue weighted by atomic mass is 9.73. The summed E-state index contributed by atoms with van der Waals surface area (Å²) < 4.78 is 2.74. The van der Waals surface area contributed by atoms with Crippen LogP contribution in [-0.4, -0.2) is 43.1 Å². The van der Waals surface area contributed by atoms with Crippen LogP contribution >= 0.6 is 0 Å². The van der Waals surface area contributed by atoms with Gasteiger partial charge in [-0.1, -0.05) is 25.8 Å². The third-order valence-electron chi connectivity index (χ3n) is 5.53. The van der Waals surface area contributed by atoms with E-state index in [4.69, 9.17) is 0 Å². The van der Waals surface area contributed by atoms with Crippen molar-refractivity contribution in [1.29, 1.82) is 0 Å². The van der Waals surface area contributed by atoms with Gasteiger partial charge in [0.25, 0.3) is 5.91 Å². The number of amides is 3. The van der Waals surface area contributed by atoms with Crippen LogP contribution in [0.4, 0.5) is 4.79 Å². The lowest BCUT2D eigenvalue weighted by molar-refractivity contribution is -0.134. The minimum Gasteiger partial charge on any atom is -0.323 e. The Hall–Kier alpha value is -2.64. The first-order valence-corrected chi connectivity index (χ1v) is 8.71. The van der Waals surface area contributed by atoms with Gasteiger partial charge >= 0.3 is 11.7 Å². The Bertz CT molecular complexity index is 901. The molecule has 3 amide bonds. The van der Waals surface area contributed by atoms with E-state index in [1.807, 2.05) is 6.92 Å². The SMILES string of the molecule is C[C@@H]1CCCC[C@]12NC(=O)N(CCn1nc3ccccn3c1=O)C2=O. The van der Waals surface area contributed by atoms with E-state index in [1.54, 1.807) is 24.4 Å². The van der Waals surface area contributed by atoms with E-state index in [0.717, 1.165) is 19.3 Å². The number of fused-ring (bicyclic) bond motifs is 1. The average molecular weight is 343 g/mol. The third-order valence-corrected chi connectivity index (χ3v) is 5.53. The van der Waals surface area contributed by atoms with Gasteiger partial charge in [0.1, 0.15) is 5.54 Å². The Balaban J connectivity index is 1.54. The molecule has 1 saturated heterocycles. The van der Waals surface area contributed by atoms with Gasteiger partial charge in [-0.25, -0.2) is 14.3 Å². The molecule has 2 aromatic heterocycles. The second kappa shape index (κ2) is 5.72. The van der Waals surface area contributed by atoms with Crippen LogP contribution in [0.25, 0.3) is 5.65 Å². The van der Waals surface area contributed by atoms with Gasteiger partial charge in [0.2, 0.25) is 0 Å². The van der Waals surface area contributed by atoms with Gasteiger partial charge in [-0.05, 0) is 30.9 Å². The summed E-state index contributed by atoms with van der Waals surface area (Å²) in [4.78, 5) is 38.8. The van der Waals surface area contributed by atoms with Gasteiger partial charge in [-0.15, -0.1) is 5.10 Å². The van der Waals surface area contributed by atoms with Crippen LogP contribution in [0.3, 0.4) is 0 Å². The molecule has 0 bridgehead atoms. The highest BCUT2D eigenvalue weighted by molar-refractivity contribution is 6.07. The van der Waals surface area contributed by atoms with E-state index in [-0.39, 0.29) is 36.6 Å². The smallest absolute Gasteiger partial charge is 0.323 e. The van der Waals surface area contributed by atoms with Crippen molar-refractivity contribution in [3.63, 3.8) is 0 Å². The summed E-state index contributed by atoms with van der Waals surface area (Å²) in [5.74, 6) is -0.0397. The Morgan fingerprint density at radius 2 is 2.08 bits per heavy atom. The molecule has 2 fully saturated rings. The van der Waals surface area contributed by atoms with E-state index in [1.165, 1.54) is 14.0 Å². The molecular weight excluding hydrogens is 322 g/mol. The lowest BCUT2D eigenvalue weighted by Gasteiger charge is -2.36. The molecule has 8 nitrogen and oxygen atoms in total. The fourth-order valence-corrected chi connectivity index (χ4v) is 4.01. The maximum atomic E-state index is 12.9. The average Bonchev–Trinajstić information content (AvgIpc) is 3.05. The molecular formula is C17H21N5O3. The number of carbonyl (C=O) groups is 2. The number of imide groups is 1. The quantitative estimate of drug-likeness (QED) is 0.842. The fraction of sp³-hybridized carbons (Fsp3) is 0.529. The molecule has 0 radical (unpaired) electrons. The van der Waals surface area contributed by atoms with E-state index in [0.29, 0.717) is 12.1 Å². The largest absolute Gasteiger partial charge is 0.350 e. The summed E-state index contributed by atoms with van der Waals surface area (Å²) in [6, 6.07) is 4.93. The van der Waals surface area contributed by atoms with Crippen molar-refractivity contribution in [2.45, 2.75) is 44.7 Å². The second-order valence-corrected chi connectivity index (χ2v) is 6.94. The molecule has 3 heterocycles. The van der Waals surface area contributed by atoms with E-state index < -0.39 is 5.54 Å². The van der Waals surface area contributed by atoms with Gasteiger partial charge in [-0.3, -0.25) is 14.1 Å². The predicted octanol–water partition coefficient (Wildman–Crippen LogP) is 0.997. The summed E-state index contributed by atoms with van der Waals surface area (Å²) in [5, 5.41) is 7.16. The van der Waals surface area contributed by atoms with Crippen molar-refractivity contribution in [3.8, 4) is 0 Å². The number of aromatic nitrogens is 3. The van der Waals surface area contributed by atoms with Crippen LogP contribution in [0.15, 0.2) is 29.2 Å². The number of carbonyl (C=O) groups excluding carboxylic acids is 2. The summed E-state index contributed by atoms with van der Waals surface area (Å²) in [6.45, 7) is 2.35. The van der Waals surface area contributed by atoms with Crippen molar-refractivity contribution in [2.24, 2.45) is 5.92 Å². The zero-order valence-electron chi connectivity index (χ0n) is 14.1. The lowest BCUT2D eigenvalue weighted by Crippen LogP contribution is -2.54. The molecule has 1 aliphatic heterocycles. The predicted molar refractivity (Wildman–Crippen MR) is 90.1 cm³/mol. The summed E-state index contributed by atoms with van der Waals surface area (Å²) in [7, 11) is 0. The Morgan fingerprint density at radius 3 is 2.84 bits per heavy atom. The Morgan fingerprint density at radius 1 is 1.24 bits per heavy atom. The first-order valence-electron chi connectivity index (χ1n) is 8.71. The number of rotatable bonds is 3. The molecule has 8 heteroatoms. The highest BCUT2D eigenvalue weighted by Gasteiger charge is 2.54. The number of hydrogen-bond acceptors (Lipinski definition) is 4. The number of urea groups is 1. The van der Waals surface area contributed by atoms with E-state index in [9.17, 15) is 14.4 Å². The second-order valence-electron chi connectivity index (χ2n) is 6.94. The zero-order valence-corrected chi connectivity index (χ0v) is 14.1. The Labute approximate surface area is 144 Å². The monoisotopic (exact) mass is 343 g/mol. The Kier molecular flexibility index (Phi) is 3.63. The van der Waals surface area contributed by atoms with Crippen molar-refractivity contribution >= 4 is 17.6 Å². The maximum Gasteiger partial charge on any atom is 0.350 e. The van der Waals surface area contributed by atoms with Crippen molar-refractivity contribution < 1.29 is 9.59 Å². The summed E-state index contributed by atoms with van der Waals surface area (Å²) in [5.41, 5.74) is -0.496. The molecule has 2 atom stereocenters. The molecule has 1 spiro atoms. The normalized spacial score (nSPS) is 26.6. The number of nitrogens with zero attached hydrogens (tertiary/aromatic N) is 4. The molecule has 4 rings (SSSR count). The van der Waals surface area contributed by atoms with Gasteiger partial charge in [-0.2, -0.15) is 0 Å². The van der Waals surface area contributed by atoms with E-state index >= 15 is 0 Å². The highest BCUT2D eigenvalue weighted by Crippen LogP contribution is 2.38. The molecule has 1 saturated carbocycles. The van der Waals surface area contributed by atoms with Crippen LogP contribution < -0.4 is 11.0 Å². The minimum absolute atomic E-state index is 0.126. The molecule has 2 aliphatic rings. The maximum absolute atomic E-state index is 12.9. The molecule has 1 N–H and O–H groups in total. The topological polar surface area (TPSA) is 88.7 Å². The molecule has 1 aliphatic carbocycles. The summed E-state index contributed by atoms with van der Waals surface area (Å²) >= 11 is 0. The molecule has 0 unspecified atom stereocenters. The van der Waals surface area contributed by atoms with Gasteiger partial charge in [0.05, 0.1) is 13.1 Å². The highest BCUT2D eigenvalue weighted by atomic mass is 16.2. The fourth-order valence-electron chi connectivity index (χ4n) is 4.01. The third kappa shape index (κ3) is 2.35. The van der Waals surface area contributed by atoms with Crippen LogP contribution in [-0.2, 0) is 11.3 Å². The zero-order chi connectivity index (χ0) is 17.6.